The van der Waals surface area contributed by atoms with Gasteiger partial charge in [-0.15, -0.1) is 0 Å². The zero-order valence-electron chi connectivity index (χ0n) is 21.0. The van der Waals surface area contributed by atoms with Gasteiger partial charge in [-0.05, 0) is 80.5 Å². The maximum absolute atomic E-state index is 14.2. The van der Waals surface area contributed by atoms with Crippen LogP contribution in [0.15, 0.2) is 12.2 Å². The summed E-state index contributed by atoms with van der Waals surface area (Å²) in [5.41, 5.74) is -3.34. The van der Waals surface area contributed by atoms with Crippen molar-refractivity contribution in [2.75, 3.05) is 0 Å². The summed E-state index contributed by atoms with van der Waals surface area (Å²) in [5, 5.41) is 21.5. The van der Waals surface area contributed by atoms with Gasteiger partial charge >= 0.3 is 0 Å². The molecule has 4 fully saturated rings. The van der Waals surface area contributed by atoms with Gasteiger partial charge in [-0.25, -0.2) is 0 Å². The molecule has 4 aliphatic rings. The van der Waals surface area contributed by atoms with Crippen LogP contribution in [-0.2, 0) is 9.59 Å². The Balaban J connectivity index is 1.63. The zero-order valence-corrected chi connectivity index (χ0v) is 21.0. The lowest BCUT2D eigenvalue weighted by molar-refractivity contribution is -0.196. The van der Waals surface area contributed by atoms with Crippen LogP contribution in [0.1, 0.15) is 92.9 Å². The van der Waals surface area contributed by atoms with E-state index in [2.05, 4.69) is 46.8 Å². The number of carbonyl (C=O) groups is 2. The number of hydrogen-bond donors (Lipinski definition) is 2. The van der Waals surface area contributed by atoms with Crippen LogP contribution in [0.3, 0.4) is 0 Å². The van der Waals surface area contributed by atoms with E-state index in [1.54, 1.807) is 6.92 Å². The van der Waals surface area contributed by atoms with Crippen molar-refractivity contribution in [3.05, 3.63) is 12.2 Å². The number of hydrogen-bond acceptors (Lipinski definition) is 4. The molecule has 0 heterocycles. The lowest BCUT2D eigenvalue weighted by Crippen LogP contribution is -2.69. The summed E-state index contributed by atoms with van der Waals surface area (Å²) in [6, 6.07) is 0. The van der Waals surface area contributed by atoms with E-state index in [0.29, 0.717) is 36.5 Å². The Morgan fingerprint density at radius 1 is 0.969 bits per heavy atom. The van der Waals surface area contributed by atoms with E-state index in [0.717, 1.165) is 25.7 Å². The lowest BCUT2D eigenvalue weighted by atomic mass is 9.47. The summed E-state index contributed by atoms with van der Waals surface area (Å²) < 4.78 is 0. The van der Waals surface area contributed by atoms with Gasteiger partial charge in [-0.2, -0.15) is 0 Å². The Morgan fingerprint density at radius 3 is 2.31 bits per heavy atom. The largest absolute Gasteiger partial charge is 0.393 e. The van der Waals surface area contributed by atoms with Gasteiger partial charge in [-0.1, -0.05) is 46.8 Å². The number of ketones is 2. The van der Waals surface area contributed by atoms with E-state index in [9.17, 15) is 19.8 Å². The third-order valence-corrected chi connectivity index (χ3v) is 10.9. The van der Waals surface area contributed by atoms with Crippen LogP contribution in [0.5, 0.6) is 0 Å². The second kappa shape index (κ2) is 7.77. The number of carbonyl (C=O) groups excluding carboxylic acids is 2. The van der Waals surface area contributed by atoms with Crippen molar-refractivity contribution in [2.45, 2.75) is 105 Å². The summed E-state index contributed by atoms with van der Waals surface area (Å²) in [6.07, 6.45) is 8.94. The molecule has 0 aromatic rings. The number of aliphatic hydroxyl groups is 2. The SMILES string of the molecule is CC(C)[C@@H](C)/C=C/[C@@H](C)[C@H]1CC[C@H]2[C@]3(CC[C@]12C)CC(=O)[C@@]1(O)C[C@@H](O)CC[C@]1(C)C3=O. The van der Waals surface area contributed by atoms with Crippen molar-refractivity contribution in [2.24, 2.45) is 45.8 Å². The van der Waals surface area contributed by atoms with Gasteiger partial charge in [-0.3, -0.25) is 9.59 Å². The number of rotatable bonds is 4. The van der Waals surface area contributed by atoms with E-state index in [-0.39, 0.29) is 35.7 Å². The van der Waals surface area contributed by atoms with Crippen molar-refractivity contribution < 1.29 is 19.8 Å². The fourth-order valence-corrected chi connectivity index (χ4v) is 8.37. The summed E-state index contributed by atoms with van der Waals surface area (Å²) in [5.74, 6) is 2.27. The number of fused-ring (bicyclic) bond motifs is 3. The van der Waals surface area contributed by atoms with Crippen molar-refractivity contribution in [1.82, 2.24) is 0 Å². The molecule has 180 valence electrons. The Bertz CT molecular complexity index is 816. The summed E-state index contributed by atoms with van der Waals surface area (Å²) in [7, 11) is 0. The van der Waals surface area contributed by atoms with Gasteiger partial charge in [0.05, 0.1) is 11.5 Å². The van der Waals surface area contributed by atoms with Crippen LogP contribution in [0.4, 0.5) is 0 Å². The van der Waals surface area contributed by atoms with Crippen molar-refractivity contribution >= 4 is 11.6 Å². The van der Waals surface area contributed by atoms with E-state index in [4.69, 9.17) is 0 Å². The lowest BCUT2D eigenvalue weighted by Gasteiger charge is -2.56. The smallest absolute Gasteiger partial charge is 0.166 e. The van der Waals surface area contributed by atoms with E-state index < -0.39 is 22.5 Å². The average molecular weight is 445 g/mol. The molecule has 4 nitrogen and oxygen atoms in total. The van der Waals surface area contributed by atoms with Crippen LogP contribution in [-0.4, -0.2) is 33.5 Å². The first kappa shape index (κ1) is 24.1. The minimum absolute atomic E-state index is 0.00454. The third-order valence-electron chi connectivity index (χ3n) is 10.9. The van der Waals surface area contributed by atoms with Crippen molar-refractivity contribution in [3.8, 4) is 0 Å². The van der Waals surface area contributed by atoms with E-state index >= 15 is 0 Å². The standard InChI is InChI=1S/C28H44O4/c1-17(2)18(3)7-8-19(4)21-9-10-22-25(21,5)13-14-27(22)16-23(30)28(32)15-20(29)11-12-26(28,6)24(27)31/h7-8,17-22,29,32H,9-16H2,1-6H3/b8-7+/t18-,19+,20-,21+,22+,25+,26+,27-,28-/m0/s1. The highest BCUT2D eigenvalue weighted by molar-refractivity contribution is 6.07. The molecule has 9 atom stereocenters. The summed E-state index contributed by atoms with van der Waals surface area (Å²) in [4.78, 5) is 27.6. The van der Waals surface area contributed by atoms with Crippen LogP contribution in [0, 0.1) is 45.8 Å². The maximum atomic E-state index is 14.2. The van der Waals surface area contributed by atoms with E-state index in [1.165, 1.54) is 0 Å². The molecule has 0 unspecified atom stereocenters. The molecular weight excluding hydrogens is 400 g/mol. The second-order valence-electron chi connectivity index (χ2n) is 12.8. The molecule has 0 bridgehead atoms. The van der Waals surface area contributed by atoms with Gasteiger partial charge in [0.15, 0.2) is 5.78 Å². The highest BCUT2D eigenvalue weighted by atomic mass is 16.3. The summed E-state index contributed by atoms with van der Waals surface area (Å²) in [6.45, 7) is 13.3. The Morgan fingerprint density at radius 2 is 1.66 bits per heavy atom. The monoisotopic (exact) mass is 444 g/mol. The van der Waals surface area contributed by atoms with Crippen LogP contribution in [0.2, 0.25) is 0 Å². The van der Waals surface area contributed by atoms with Gasteiger partial charge in [0, 0.05) is 18.3 Å². The molecule has 0 saturated heterocycles. The van der Waals surface area contributed by atoms with Gasteiger partial charge in [0.25, 0.3) is 0 Å². The Kier molecular flexibility index (Phi) is 5.86. The predicted molar refractivity (Wildman–Crippen MR) is 126 cm³/mol. The molecule has 4 heteroatoms. The molecule has 0 aromatic carbocycles. The molecule has 0 aromatic heterocycles. The maximum Gasteiger partial charge on any atom is 0.166 e. The Hall–Kier alpha value is -1.00. The molecule has 1 spiro atoms. The molecule has 0 amide bonds. The molecule has 4 saturated carbocycles. The quantitative estimate of drug-likeness (QED) is 0.591. The summed E-state index contributed by atoms with van der Waals surface area (Å²) >= 11 is 0. The van der Waals surface area contributed by atoms with Gasteiger partial charge in [0.1, 0.15) is 11.4 Å². The zero-order chi connectivity index (χ0) is 23.7. The molecule has 0 aliphatic heterocycles. The first-order valence-corrected chi connectivity index (χ1v) is 13.0. The predicted octanol–water partition coefficient (Wildman–Crippen LogP) is 5.11. The molecule has 0 radical (unpaired) electrons. The van der Waals surface area contributed by atoms with Crippen LogP contribution >= 0.6 is 0 Å². The van der Waals surface area contributed by atoms with Crippen LogP contribution < -0.4 is 0 Å². The number of Topliss-reactive ketones (excluding diaryl/α,β-unsaturated/α-hetero) is 2. The Labute approximate surface area is 194 Å². The van der Waals surface area contributed by atoms with Crippen LogP contribution in [0.25, 0.3) is 0 Å². The average Bonchev–Trinajstić information content (AvgIpc) is 3.21. The number of allylic oxidation sites excluding steroid dienone is 2. The highest BCUT2D eigenvalue weighted by Gasteiger charge is 2.73. The number of aliphatic hydroxyl groups excluding tert-OH is 1. The van der Waals surface area contributed by atoms with Crippen molar-refractivity contribution in [3.63, 3.8) is 0 Å². The minimum atomic E-state index is -1.70. The highest BCUT2D eigenvalue weighted by Crippen LogP contribution is 2.71. The van der Waals surface area contributed by atoms with E-state index in [1.807, 2.05) is 0 Å². The van der Waals surface area contributed by atoms with Gasteiger partial charge in [0.2, 0.25) is 0 Å². The molecule has 2 N–H and O–H groups in total. The third kappa shape index (κ3) is 3.15. The minimum Gasteiger partial charge on any atom is -0.393 e. The van der Waals surface area contributed by atoms with Crippen molar-refractivity contribution in [1.29, 1.82) is 0 Å². The first-order valence-electron chi connectivity index (χ1n) is 13.0. The molecule has 32 heavy (non-hydrogen) atoms. The van der Waals surface area contributed by atoms with Gasteiger partial charge < -0.3 is 10.2 Å². The normalized spacial score (nSPS) is 48.5. The fourth-order valence-electron chi connectivity index (χ4n) is 8.37. The molecular formula is C28H44O4. The molecule has 4 aliphatic carbocycles. The fraction of sp³-hybridized carbons (Fsp3) is 0.857. The second-order valence-corrected chi connectivity index (χ2v) is 12.8. The first-order chi connectivity index (χ1) is 14.8. The molecule has 4 rings (SSSR count). The topological polar surface area (TPSA) is 74.6 Å².